The number of unbranched alkanes of at least 4 members (excludes halogenated alkanes) is 14. The van der Waals surface area contributed by atoms with Crippen molar-refractivity contribution in [3.05, 3.63) is 13.2 Å². The van der Waals surface area contributed by atoms with Gasteiger partial charge < -0.3 is 5.73 Å². The van der Waals surface area contributed by atoms with Gasteiger partial charge in [-0.05, 0) is 13.0 Å². The second-order valence-electron chi connectivity index (χ2n) is 5.74. The van der Waals surface area contributed by atoms with Crippen LogP contribution >= 0.6 is 0 Å². The second kappa shape index (κ2) is 23.8. The van der Waals surface area contributed by atoms with Gasteiger partial charge in [-0.15, -0.1) is 13.2 Å². The van der Waals surface area contributed by atoms with E-state index in [2.05, 4.69) is 20.1 Å². The standard InChI is InChI=1S/C17H37N.C2H4/c1-2-3-4-5-6-7-8-9-10-11-12-13-14-15-16-17-18;1-2/h2-18H2,1H3;1-2H2. The van der Waals surface area contributed by atoms with Crippen molar-refractivity contribution in [3.8, 4) is 0 Å². The molecule has 0 rings (SSSR count). The molecule has 0 amide bonds. The highest BCUT2D eigenvalue weighted by molar-refractivity contribution is 4.49. The van der Waals surface area contributed by atoms with Crippen LogP contribution < -0.4 is 5.73 Å². The monoisotopic (exact) mass is 283 g/mol. The zero-order valence-electron chi connectivity index (χ0n) is 14.3. The van der Waals surface area contributed by atoms with Gasteiger partial charge in [-0.2, -0.15) is 0 Å². The molecule has 0 aromatic rings. The molecule has 0 aliphatic rings. The molecule has 0 bridgehead atoms. The van der Waals surface area contributed by atoms with E-state index < -0.39 is 0 Å². The minimum atomic E-state index is 0.873. The summed E-state index contributed by atoms with van der Waals surface area (Å²) in [7, 11) is 0. The van der Waals surface area contributed by atoms with Crippen LogP contribution in [0.4, 0.5) is 0 Å². The van der Waals surface area contributed by atoms with Crippen molar-refractivity contribution < 1.29 is 0 Å². The molecule has 122 valence electrons. The minimum Gasteiger partial charge on any atom is -0.330 e. The van der Waals surface area contributed by atoms with E-state index in [1.165, 1.54) is 96.3 Å². The average Bonchev–Trinajstić information content (AvgIpc) is 2.50. The van der Waals surface area contributed by atoms with Crippen LogP contribution in [-0.4, -0.2) is 6.54 Å². The van der Waals surface area contributed by atoms with Crippen LogP contribution in [0.5, 0.6) is 0 Å². The van der Waals surface area contributed by atoms with Crippen LogP contribution in [-0.2, 0) is 0 Å². The fourth-order valence-electron chi connectivity index (χ4n) is 2.52. The molecular formula is C19H41N. The Morgan fingerprint density at radius 3 is 1.00 bits per heavy atom. The van der Waals surface area contributed by atoms with Crippen molar-refractivity contribution in [1.82, 2.24) is 0 Å². The van der Waals surface area contributed by atoms with Crippen molar-refractivity contribution >= 4 is 0 Å². The van der Waals surface area contributed by atoms with E-state index in [0.29, 0.717) is 0 Å². The summed E-state index contributed by atoms with van der Waals surface area (Å²) < 4.78 is 0. The van der Waals surface area contributed by atoms with Gasteiger partial charge >= 0.3 is 0 Å². The molecule has 0 aliphatic heterocycles. The van der Waals surface area contributed by atoms with E-state index in [1.54, 1.807) is 0 Å². The number of nitrogens with two attached hydrogens (primary N) is 1. The molecule has 0 aromatic heterocycles. The van der Waals surface area contributed by atoms with Gasteiger partial charge in [-0.25, -0.2) is 0 Å². The Labute approximate surface area is 129 Å². The van der Waals surface area contributed by atoms with Crippen molar-refractivity contribution in [1.29, 1.82) is 0 Å². The van der Waals surface area contributed by atoms with E-state index >= 15 is 0 Å². The van der Waals surface area contributed by atoms with Crippen LogP contribution in [0.15, 0.2) is 13.2 Å². The van der Waals surface area contributed by atoms with E-state index in [1.807, 2.05) is 0 Å². The Bertz CT molecular complexity index is 129. The minimum absolute atomic E-state index is 0.873. The molecule has 0 saturated heterocycles. The number of hydrogen-bond acceptors (Lipinski definition) is 1. The third-order valence-electron chi connectivity index (χ3n) is 3.81. The highest BCUT2D eigenvalue weighted by Crippen LogP contribution is 2.13. The van der Waals surface area contributed by atoms with Crippen LogP contribution in [0, 0.1) is 0 Å². The Kier molecular flexibility index (Phi) is 26.1. The van der Waals surface area contributed by atoms with Gasteiger partial charge in [0.25, 0.3) is 0 Å². The first kappa shape index (κ1) is 22.0. The molecule has 2 N–H and O–H groups in total. The Morgan fingerprint density at radius 1 is 0.500 bits per heavy atom. The lowest BCUT2D eigenvalue weighted by Gasteiger charge is -2.03. The largest absolute Gasteiger partial charge is 0.330 e. The summed E-state index contributed by atoms with van der Waals surface area (Å²) in [6, 6.07) is 0. The SMILES string of the molecule is C=C.CCCCCCCCCCCCCCCCCN. The smallest absolute Gasteiger partial charge is 0.00773 e. The van der Waals surface area contributed by atoms with Crippen molar-refractivity contribution in [2.45, 2.75) is 103 Å². The van der Waals surface area contributed by atoms with Gasteiger partial charge in [0.15, 0.2) is 0 Å². The number of rotatable bonds is 15. The lowest BCUT2D eigenvalue weighted by molar-refractivity contribution is 0.533. The van der Waals surface area contributed by atoms with Crippen LogP contribution in [0.1, 0.15) is 103 Å². The van der Waals surface area contributed by atoms with Gasteiger partial charge in [0.05, 0.1) is 0 Å². The van der Waals surface area contributed by atoms with Crippen molar-refractivity contribution in [3.63, 3.8) is 0 Å². The normalized spacial score (nSPS) is 10.1. The molecule has 0 aliphatic carbocycles. The lowest BCUT2D eigenvalue weighted by Crippen LogP contribution is -1.97. The van der Waals surface area contributed by atoms with Gasteiger partial charge in [0.2, 0.25) is 0 Å². The summed E-state index contributed by atoms with van der Waals surface area (Å²) in [5.74, 6) is 0. The predicted octanol–water partition coefficient (Wildman–Crippen LogP) is 6.62. The van der Waals surface area contributed by atoms with E-state index in [4.69, 9.17) is 5.73 Å². The summed E-state index contributed by atoms with van der Waals surface area (Å²) in [6.45, 7) is 9.16. The Balaban J connectivity index is 0. The molecule has 1 heteroatoms. The molecule has 0 saturated carbocycles. The zero-order valence-corrected chi connectivity index (χ0v) is 14.3. The molecule has 0 fully saturated rings. The van der Waals surface area contributed by atoms with Gasteiger partial charge in [-0.3, -0.25) is 0 Å². The lowest BCUT2D eigenvalue weighted by atomic mass is 10.0. The maximum Gasteiger partial charge on any atom is -0.00773 e. The molecule has 1 nitrogen and oxygen atoms in total. The molecule has 20 heavy (non-hydrogen) atoms. The van der Waals surface area contributed by atoms with Gasteiger partial charge in [-0.1, -0.05) is 96.8 Å². The molecular weight excluding hydrogens is 242 g/mol. The average molecular weight is 284 g/mol. The molecule has 0 radical (unpaired) electrons. The number of hydrogen-bond donors (Lipinski definition) is 1. The highest BCUT2D eigenvalue weighted by atomic mass is 14.5. The fraction of sp³-hybridized carbons (Fsp3) is 0.895. The van der Waals surface area contributed by atoms with Gasteiger partial charge in [0.1, 0.15) is 0 Å². The van der Waals surface area contributed by atoms with Crippen LogP contribution in [0.25, 0.3) is 0 Å². The molecule has 0 heterocycles. The maximum absolute atomic E-state index is 5.48. The molecule has 0 unspecified atom stereocenters. The predicted molar refractivity (Wildman–Crippen MR) is 95.2 cm³/mol. The summed E-state index contributed by atoms with van der Waals surface area (Å²) in [5.41, 5.74) is 5.48. The third-order valence-corrected chi connectivity index (χ3v) is 3.81. The molecule has 0 aromatic carbocycles. The van der Waals surface area contributed by atoms with E-state index in [-0.39, 0.29) is 0 Å². The van der Waals surface area contributed by atoms with Crippen LogP contribution in [0.2, 0.25) is 0 Å². The first-order valence-corrected chi connectivity index (χ1v) is 9.12. The Morgan fingerprint density at radius 2 is 0.750 bits per heavy atom. The maximum atomic E-state index is 5.48. The summed E-state index contributed by atoms with van der Waals surface area (Å²) in [4.78, 5) is 0. The Hall–Kier alpha value is -0.300. The third kappa shape index (κ3) is 22.8. The second-order valence-corrected chi connectivity index (χ2v) is 5.74. The first-order valence-electron chi connectivity index (χ1n) is 9.12. The fourth-order valence-corrected chi connectivity index (χ4v) is 2.52. The zero-order chi connectivity index (χ0) is 15.3. The first-order chi connectivity index (χ1) is 9.91. The molecule has 0 atom stereocenters. The van der Waals surface area contributed by atoms with E-state index in [9.17, 15) is 0 Å². The quantitative estimate of drug-likeness (QED) is 0.265. The topological polar surface area (TPSA) is 26.0 Å². The van der Waals surface area contributed by atoms with Crippen molar-refractivity contribution in [2.24, 2.45) is 5.73 Å². The summed E-state index contributed by atoms with van der Waals surface area (Å²) >= 11 is 0. The van der Waals surface area contributed by atoms with Crippen LogP contribution in [0.3, 0.4) is 0 Å². The van der Waals surface area contributed by atoms with Crippen molar-refractivity contribution in [2.75, 3.05) is 6.54 Å². The van der Waals surface area contributed by atoms with E-state index in [0.717, 1.165) is 6.54 Å². The highest BCUT2D eigenvalue weighted by Gasteiger charge is 1.93. The summed E-state index contributed by atoms with van der Waals surface area (Å²) in [5, 5.41) is 0. The molecule has 0 spiro atoms. The van der Waals surface area contributed by atoms with Gasteiger partial charge in [0, 0.05) is 0 Å². The summed E-state index contributed by atoms with van der Waals surface area (Å²) in [6.07, 6.45) is 21.4.